The van der Waals surface area contributed by atoms with Crippen molar-refractivity contribution >= 4 is 29.4 Å². The Morgan fingerprint density at radius 1 is 1.24 bits per heavy atom. The Balaban J connectivity index is 1.59. The van der Waals surface area contributed by atoms with Crippen molar-refractivity contribution in [2.45, 2.75) is 37.0 Å². The molecule has 5 heteroatoms. The highest BCUT2D eigenvalue weighted by Crippen LogP contribution is 2.20. The summed E-state index contributed by atoms with van der Waals surface area (Å²) in [6.45, 7) is 2.22. The molecule has 2 fully saturated rings. The second-order valence-electron chi connectivity index (χ2n) is 4.71. The molecule has 3 nitrogen and oxygen atoms in total. The highest BCUT2D eigenvalue weighted by molar-refractivity contribution is 8.00. The van der Waals surface area contributed by atoms with Gasteiger partial charge in [-0.1, -0.05) is 0 Å². The Morgan fingerprint density at radius 3 is 2.65 bits per heavy atom. The van der Waals surface area contributed by atoms with E-state index >= 15 is 0 Å². The summed E-state index contributed by atoms with van der Waals surface area (Å²) >= 11 is 3.84. The summed E-state index contributed by atoms with van der Waals surface area (Å²) in [5.74, 6) is 3.29. The van der Waals surface area contributed by atoms with Gasteiger partial charge in [-0.2, -0.15) is 11.8 Å². The Labute approximate surface area is 112 Å². The molecular formula is C12H22N2OS2. The van der Waals surface area contributed by atoms with Gasteiger partial charge < -0.3 is 10.6 Å². The molecule has 0 aliphatic carbocycles. The first kappa shape index (κ1) is 13.6. The lowest BCUT2D eigenvalue weighted by Crippen LogP contribution is -2.39. The van der Waals surface area contributed by atoms with E-state index in [0.717, 1.165) is 25.9 Å². The van der Waals surface area contributed by atoms with Gasteiger partial charge >= 0.3 is 0 Å². The average Bonchev–Trinajstić information content (AvgIpc) is 2.39. The summed E-state index contributed by atoms with van der Waals surface area (Å²) < 4.78 is 0. The van der Waals surface area contributed by atoms with E-state index in [4.69, 9.17) is 0 Å². The van der Waals surface area contributed by atoms with Crippen molar-refractivity contribution in [2.24, 2.45) is 0 Å². The Morgan fingerprint density at radius 2 is 1.94 bits per heavy atom. The van der Waals surface area contributed by atoms with Crippen molar-refractivity contribution in [3.8, 4) is 0 Å². The van der Waals surface area contributed by atoms with Crippen molar-refractivity contribution in [1.29, 1.82) is 0 Å². The van der Waals surface area contributed by atoms with Gasteiger partial charge in [-0.25, -0.2) is 0 Å². The van der Waals surface area contributed by atoms with Crippen molar-refractivity contribution in [2.75, 3.05) is 30.3 Å². The molecule has 2 saturated heterocycles. The molecule has 2 heterocycles. The van der Waals surface area contributed by atoms with E-state index in [1.54, 1.807) is 0 Å². The standard InChI is InChI=1S/C12H22N2OS2/c15-12(14-10-3-7-16-8-4-10)9-17-11-1-5-13-6-2-11/h10-11,13H,1-9H2,(H,14,15). The molecule has 2 rings (SSSR count). The molecule has 0 aromatic heterocycles. The molecule has 2 aliphatic rings. The predicted octanol–water partition coefficient (Wildman–Crippen LogP) is 1.48. The molecule has 0 aromatic carbocycles. The van der Waals surface area contributed by atoms with Gasteiger partial charge in [0.1, 0.15) is 0 Å². The van der Waals surface area contributed by atoms with E-state index < -0.39 is 0 Å². The number of carbonyl (C=O) groups excluding carboxylic acids is 1. The van der Waals surface area contributed by atoms with E-state index in [2.05, 4.69) is 10.6 Å². The summed E-state index contributed by atoms with van der Waals surface area (Å²) in [6.07, 6.45) is 4.71. The summed E-state index contributed by atoms with van der Waals surface area (Å²) in [5, 5.41) is 7.21. The predicted molar refractivity (Wildman–Crippen MR) is 76.8 cm³/mol. The number of rotatable bonds is 4. The van der Waals surface area contributed by atoms with Gasteiger partial charge in [0, 0.05) is 11.3 Å². The summed E-state index contributed by atoms with van der Waals surface area (Å²) in [7, 11) is 0. The zero-order chi connectivity index (χ0) is 11.9. The third-order valence-electron chi connectivity index (χ3n) is 3.32. The number of nitrogens with one attached hydrogen (secondary N) is 2. The maximum atomic E-state index is 11.8. The number of hydrogen-bond donors (Lipinski definition) is 2. The first-order chi connectivity index (χ1) is 8.34. The van der Waals surface area contributed by atoms with Crippen LogP contribution in [0.2, 0.25) is 0 Å². The van der Waals surface area contributed by atoms with Crippen molar-refractivity contribution in [1.82, 2.24) is 10.6 Å². The van der Waals surface area contributed by atoms with E-state index in [1.165, 1.54) is 24.3 Å². The molecule has 98 valence electrons. The fourth-order valence-corrected chi connectivity index (χ4v) is 4.41. The molecule has 2 N–H and O–H groups in total. The van der Waals surface area contributed by atoms with Crippen LogP contribution in [-0.2, 0) is 4.79 Å². The first-order valence-electron chi connectivity index (χ1n) is 6.54. The van der Waals surface area contributed by atoms with Crippen LogP contribution < -0.4 is 10.6 Å². The van der Waals surface area contributed by atoms with Crippen LogP contribution in [0.15, 0.2) is 0 Å². The molecule has 0 radical (unpaired) electrons. The quantitative estimate of drug-likeness (QED) is 0.815. The van der Waals surface area contributed by atoms with Crippen molar-refractivity contribution in [3.63, 3.8) is 0 Å². The maximum Gasteiger partial charge on any atom is 0.230 e. The minimum atomic E-state index is 0.241. The largest absolute Gasteiger partial charge is 0.353 e. The Kier molecular flexibility index (Phi) is 6.01. The smallest absolute Gasteiger partial charge is 0.230 e. The lowest BCUT2D eigenvalue weighted by Gasteiger charge is -2.24. The van der Waals surface area contributed by atoms with Gasteiger partial charge in [0.2, 0.25) is 5.91 Å². The van der Waals surface area contributed by atoms with Crippen LogP contribution in [0.4, 0.5) is 0 Å². The fourth-order valence-electron chi connectivity index (χ4n) is 2.27. The van der Waals surface area contributed by atoms with Crippen LogP contribution in [0.5, 0.6) is 0 Å². The van der Waals surface area contributed by atoms with Gasteiger partial charge in [-0.05, 0) is 50.3 Å². The monoisotopic (exact) mass is 274 g/mol. The molecular weight excluding hydrogens is 252 g/mol. The van der Waals surface area contributed by atoms with Crippen LogP contribution in [0.3, 0.4) is 0 Å². The summed E-state index contributed by atoms with van der Waals surface area (Å²) in [5.41, 5.74) is 0. The van der Waals surface area contributed by atoms with Crippen LogP contribution >= 0.6 is 23.5 Å². The first-order valence-corrected chi connectivity index (χ1v) is 8.74. The van der Waals surface area contributed by atoms with E-state index in [-0.39, 0.29) is 5.91 Å². The number of piperidine rings is 1. The normalized spacial score (nSPS) is 23.5. The van der Waals surface area contributed by atoms with Crippen molar-refractivity contribution < 1.29 is 4.79 Å². The zero-order valence-corrected chi connectivity index (χ0v) is 11.9. The van der Waals surface area contributed by atoms with Crippen LogP contribution in [0.1, 0.15) is 25.7 Å². The Bertz CT molecular complexity index is 239. The van der Waals surface area contributed by atoms with Gasteiger partial charge in [0.25, 0.3) is 0 Å². The lowest BCUT2D eigenvalue weighted by atomic mass is 10.1. The molecule has 1 amide bonds. The van der Waals surface area contributed by atoms with Crippen LogP contribution in [0.25, 0.3) is 0 Å². The van der Waals surface area contributed by atoms with Gasteiger partial charge in [-0.3, -0.25) is 4.79 Å². The van der Waals surface area contributed by atoms with E-state index in [1.807, 2.05) is 23.5 Å². The molecule has 0 bridgehead atoms. The minimum absolute atomic E-state index is 0.241. The summed E-state index contributed by atoms with van der Waals surface area (Å²) in [6, 6.07) is 0.442. The van der Waals surface area contributed by atoms with Gasteiger partial charge in [0.15, 0.2) is 0 Å². The highest BCUT2D eigenvalue weighted by Gasteiger charge is 2.18. The second kappa shape index (κ2) is 7.54. The molecule has 0 saturated carbocycles. The minimum Gasteiger partial charge on any atom is -0.353 e. The summed E-state index contributed by atoms with van der Waals surface area (Å²) in [4.78, 5) is 11.8. The van der Waals surface area contributed by atoms with Crippen molar-refractivity contribution in [3.05, 3.63) is 0 Å². The molecule has 17 heavy (non-hydrogen) atoms. The number of hydrogen-bond acceptors (Lipinski definition) is 4. The second-order valence-corrected chi connectivity index (χ2v) is 7.23. The lowest BCUT2D eigenvalue weighted by molar-refractivity contribution is -0.119. The highest BCUT2D eigenvalue weighted by atomic mass is 32.2. The molecule has 0 atom stereocenters. The van der Waals surface area contributed by atoms with Gasteiger partial charge in [0.05, 0.1) is 5.75 Å². The van der Waals surface area contributed by atoms with Gasteiger partial charge in [-0.15, -0.1) is 11.8 Å². The van der Waals surface area contributed by atoms with E-state index in [9.17, 15) is 4.79 Å². The molecule has 0 unspecified atom stereocenters. The maximum absolute atomic E-state index is 11.8. The molecule has 0 spiro atoms. The SMILES string of the molecule is O=C(CSC1CCNCC1)NC1CCSCC1. The third kappa shape index (κ3) is 5.10. The zero-order valence-electron chi connectivity index (χ0n) is 10.2. The average molecular weight is 274 g/mol. The number of carbonyl (C=O) groups is 1. The van der Waals surface area contributed by atoms with Crippen LogP contribution in [0, 0.1) is 0 Å². The molecule has 2 aliphatic heterocycles. The molecule has 0 aromatic rings. The third-order valence-corrected chi connectivity index (χ3v) is 5.74. The van der Waals surface area contributed by atoms with E-state index in [0.29, 0.717) is 17.0 Å². The van der Waals surface area contributed by atoms with Crippen LogP contribution in [-0.4, -0.2) is 47.5 Å². The Hall–Kier alpha value is 0.130. The number of amides is 1. The topological polar surface area (TPSA) is 41.1 Å². The number of thioether (sulfide) groups is 2. The fraction of sp³-hybridized carbons (Fsp3) is 0.917.